The number of benzene rings is 1. The fourth-order valence-corrected chi connectivity index (χ4v) is 3.79. The SMILES string of the molecule is O=C1OC[C@]2([N+](=O)[O-])C(c3ccc(Br)cc3)[C@@H]1CC[C@@H]2O. The van der Waals surface area contributed by atoms with Crippen LogP contribution in [0.2, 0.25) is 0 Å². The highest BCUT2D eigenvalue weighted by molar-refractivity contribution is 9.10. The van der Waals surface area contributed by atoms with Gasteiger partial charge in [-0.05, 0) is 30.5 Å². The number of esters is 1. The van der Waals surface area contributed by atoms with Crippen molar-refractivity contribution in [3.8, 4) is 0 Å². The Morgan fingerprint density at radius 3 is 2.62 bits per heavy atom. The average molecular weight is 356 g/mol. The summed E-state index contributed by atoms with van der Waals surface area (Å²) in [6, 6.07) is 7.09. The zero-order valence-corrected chi connectivity index (χ0v) is 12.7. The predicted octanol–water partition coefficient (Wildman–Crippen LogP) is 1.88. The molecule has 1 N–H and O–H groups in total. The van der Waals surface area contributed by atoms with E-state index in [2.05, 4.69) is 15.9 Å². The summed E-state index contributed by atoms with van der Waals surface area (Å²) in [7, 11) is 0. The van der Waals surface area contributed by atoms with Crippen molar-refractivity contribution >= 4 is 21.9 Å². The molecule has 0 aromatic heterocycles. The molecule has 2 aliphatic rings. The molecule has 112 valence electrons. The van der Waals surface area contributed by atoms with E-state index in [9.17, 15) is 20.0 Å². The van der Waals surface area contributed by atoms with Crippen molar-refractivity contribution in [1.29, 1.82) is 0 Å². The molecule has 6 nitrogen and oxygen atoms in total. The van der Waals surface area contributed by atoms with Crippen LogP contribution in [0.4, 0.5) is 0 Å². The smallest absolute Gasteiger partial charge is 0.310 e. The van der Waals surface area contributed by atoms with Crippen LogP contribution in [0.3, 0.4) is 0 Å². The lowest BCUT2D eigenvalue weighted by Gasteiger charge is -2.46. The molecule has 21 heavy (non-hydrogen) atoms. The monoisotopic (exact) mass is 355 g/mol. The molecule has 0 spiro atoms. The molecule has 1 saturated carbocycles. The lowest BCUT2D eigenvalue weighted by atomic mass is 9.62. The highest BCUT2D eigenvalue weighted by atomic mass is 79.9. The van der Waals surface area contributed by atoms with Gasteiger partial charge in [0, 0.05) is 9.40 Å². The second-order valence-electron chi connectivity index (χ2n) is 5.58. The highest BCUT2D eigenvalue weighted by Crippen LogP contribution is 2.50. The van der Waals surface area contributed by atoms with E-state index >= 15 is 0 Å². The van der Waals surface area contributed by atoms with Crippen LogP contribution < -0.4 is 0 Å². The van der Waals surface area contributed by atoms with Crippen molar-refractivity contribution in [3.05, 3.63) is 44.4 Å². The van der Waals surface area contributed by atoms with Gasteiger partial charge in [-0.2, -0.15) is 0 Å². The van der Waals surface area contributed by atoms with Gasteiger partial charge in [-0.1, -0.05) is 28.1 Å². The molecule has 1 saturated heterocycles. The van der Waals surface area contributed by atoms with E-state index in [1.165, 1.54) is 0 Å². The Morgan fingerprint density at radius 1 is 1.33 bits per heavy atom. The Balaban J connectivity index is 2.14. The van der Waals surface area contributed by atoms with Crippen LogP contribution in [0.5, 0.6) is 0 Å². The molecule has 2 fully saturated rings. The maximum absolute atomic E-state index is 12.0. The lowest BCUT2D eigenvalue weighted by Crippen LogP contribution is -2.65. The zero-order valence-electron chi connectivity index (χ0n) is 11.1. The number of rotatable bonds is 2. The quantitative estimate of drug-likeness (QED) is 0.496. The molecular formula is C14H14BrNO5. The average Bonchev–Trinajstić information content (AvgIpc) is 2.45. The number of nitrogens with zero attached hydrogens (tertiary/aromatic N) is 1. The van der Waals surface area contributed by atoms with Gasteiger partial charge >= 0.3 is 5.97 Å². The fraction of sp³-hybridized carbons (Fsp3) is 0.500. The topological polar surface area (TPSA) is 89.7 Å². The lowest BCUT2D eigenvalue weighted by molar-refractivity contribution is -0.599. The van der Waals surface area contributed by atoms with Gasteiger partial charge in [0.25, 0.3) is 5.54 Å². The molecule has 1 aromatic carbocycles. The molecule has 1 heterocycles. The number of nitro groups is 1. The second-order valence-corrected chi connectivity index (χ2v) is 6.50. The molecule has 1 aliphatic carbocycles. The molecule has 1 unspecified atom stereocenters. The van der Waals surface area contributed by atoms with Gasteiger partial charge in [0.05, 0.1) is 11.8 Å². The van der Waals surface area contributed by atoms with Crippen LogP contribution >= 0.6 is 15.9 Å². The van der Waals surface area contributed by atoms with Gasteiger partial charge in [-0.3, -0.25) is 14.9 Å². The minimum Gasteiger partial charge on any atom is -0.458 e. The van der Waals surface area contributed by atoms with Gasteiger partial charge in [0.2, 0.25) is 0 Å². The Kier molecular flexibility index (Phi) is 3.49. The highest BCUT2D eigenvalue weighted by Gasteiger charge is 2.66. The van der Waals surface area contributed by atoms with Crippen LogP contribution in [0.15, 0.2) is 28.7 Å². The van der Waals surface area contributed by atoms with E-state index in [1.807, 2.05) is 0 Å². The minimum atomic E-state index is -1.65. The number of aliphatic hydroxyl groups is 1. The summed E-state index contributed by atoms with van der Waals surface area (Å²) in [5.74, 6) is -1.65. The molecule has 4 atom stereocenters. The number of hydrogen-bond donors (Lipinski definition) is 1. The van der Waals surface area contributed by atoms with Crippen molar-refractivity contribution in [2.45, 2.75) is 30.4 Å². The minimum absolute atomic E-state index is 0.244. The first kappa shape index (κ1) is 14.5. The van der Waals surface area contributed by atoms with Gasteiger partial charge in [-0.15, -0.1) is 0 Å². The summed E-state index contributed by atoms with van der Waals surface area (Å²) in [4.78, 5) is 23.2. The van der Waals surface area contributed by atoms with Crippen LogP contribution in [-0.2, 0) is 9.53 Å². The summed E-state index contributed by atoms with van der Waals surface area (Å²) < 4.78 is 5.86. The van der Waals surface area contributed by atoms with E-state index in [0.29, 0.717) is 12.0 Å². The third-order valence-electron chi connectivity index (χ3n) is 4.59. The first-order valence-electron chi connectivity index (χ1n) is 6.71. The second kappa shape index (κ2) is 5.06. The number of fused-ring (bicyclic) bond motifs is 2. The number of ether oxygens (including phenoxy) is 1. The summed E-state index contributed by atoms with van der Waals surface area (Å²) in [5, 5.41) is 22.0. The first-order valence-corrected chi connectivity index (χ1v) is 7.51. The summed E-state index contributed by atoms with van der Waals surface area (Å²) in [6.07, 6.45) is -0.477. The number of carbonyl (C=O) groups excluding carboxylic acids is 1. The van der Waals surface area contributed by atoms with Crippen molar-refractivity contribution in [3.63, 3.8) is 0 Å². The maximum Gasteiger partial charge on any atom is 0.310 e. The zero-order chi connectivity index (χ0) is 15.2. The summed E-state index contributed by atoms with van der Waals surface area (Å²) in [6.45, 7) is -0.378. The van der Waals surface area contributed by atoms with E-state index in [0.717, 1.165) is 4.47 Å². The van der Waals surface area contributed by atoms with Crippen molar-refractivity contribution in [2.75, 3.05) is 6.61 Å². The molecule has 3 rings (SSSR count). The Hall–Kier alpha value is -1.47. The summed E-state index contributed by atoms with van der Waals surface area (Å²) >= 11 is 3.32. The van der Waals surface area contributed by atoms with E-state index in [1.54, 1.807) is 24.3 Å². The van der Waals surface area contributed by atoms with E-state index in [4.69, 9.17) is 4.74 Å². The van der Waals surface area contributed by atoms with Gasteiger partial charge in [-0.25, -0.2) is 0 Å². The van der Waals surface area contributed by atoms with Crippen LogP contribution in [0.25, 0.3) is 0 Å². The fourth-order valence-electron chi connectivity index (χ4n) is 3.52. The predicted molar refractivity (Wildman–Crippen MR) is 76.3 cm³/mol. The number of aliphatic hydroxyl groups excluding tert-OH is 1. The third kappa shape index (κ3) is 2.06. The number of carbonyl (C=O) groups is 1. The third-order valence-corrected chi connectivity index (χ3v) is 5.12. The number of halogens is 1. The molecular weight excluding hydrogens is 342 g/mol. The van der Waals surface area contributed by atoms with Gasteiger partial charge in [0.15, 0.2) is 6.61 Å². The van der Waals surface area contributed by atoms with Crippen molar-refractivity contribution < 1.29 is 19.6 Å². The number of hydrogen-bond acceptors (Lipinski definition) is 5. The molecule has 0 amide bonds. The normalized spacial score (nSPS) is 35.1. The largest absolute Gasteiger partial charge is 0.458 e. The van der Waals surface area contributed by atoms with Crippen LogP contribution in [0.1, 0.15) is 24.3 Å². The Bertz CT molecular complexity index is 590. The van der Waals surface area contributed by atoms with Gasteiger partial charge < -0.3 is 9.84 Å². The van der Waals surface area contributed by atoms with Crippen LogP contribution in [0, 0.1) is 16.0 Å². The van der Waals surface area contributed by atoms with Gasteiger partial charge in [0.1, 0.15) is 6.10 Å². The van der Waals surface area contributed by atoms with E-state index < -0.39 is 34.4 Å². The number of cyclic esters (lactones) is 1. The summed E-state index contributed by atoms with van der Waals surface area (Å²) in [5.41, 5.74) is -0.958. The van der Waals surface area contributed by atoms with Crippen molar-refractivity contribution in [2.24, 2.45) is 5.92 Å². The Labute approximate surface area is 129 Å². The molecule has 1 aromatic rings. The molecule has 2 bridgehead atoms. The molecule has 0 radical (unpaired) electrons. The van der Waals surface area contributed by atoms with Crippen molar-refractivity contribution in [1.82, 2.24) is 0 Å². The maximum atomic E-state index is 12.0. The van der Waals surface area contributed by atoms with E-state index in [-0.39, 0.29) is 13.0 Å². The molecule has 1 aliphatic heterocycles. The molecule has 7 heteroatoms. The Morgan fingerprint density at radius 2 is 2.00 bits per heavy atom. The first-order chi connectivity index (χ1) is 9.96. The standard InChI is InChI=1S/C14H14BrNO5/c15-9-3-1-8(2-4-9)12-10-5-6-11(17)14(12,16(19)20)7-21-13(10)18/h1-4,10-12,17H,5-7H2/t10-,11-,12?,14+/m0/s1. The van der Waals surface area contributed by atoms with Crippen LogP contribution in [-0.4, -0.2) is 34.2 Å².